The van der Waals surface area contributed by atoms with E-state index in [2.05, 4.69) is 12.1 Å². The third-order valence-electron chi connectivity index (χ3n) is 3.08. The van der Waals surface area contributed by atoms with Crippen LogP contribution >= 0.6 is 11.6 Å². The molecule has 0 unspecified atom stereocenters. The molecule has 1 aromatic carbocycles. The van der Waals surface area contributed by atoms with Gasteiger partial charge in [-0.3, -0.25) is 0 Å². The summed E-state index contributed by atoms with van der Waals surface area (Å²) in [5.41, 5.74) is 2.86. The number of hydrogen-bond donors (Lipinski definition) is 0. The molecule has 0 bridgehead atoms. The Hall–Kier alpha value is -0.530. The van der Waals surface area contributed by atoms with E-state index in [0.717, 1.165) is 18.1 Å². The number of fused-ring (bicyclic) bond motifs is 2. The number of aryl methyl sites for hydroxylation is 1. The molecule has 0 radical (unpaired) electrons. The first-order valence-electron chi connectivity index (χ1n) is 4.73. The highest BCUT2D eigenvalue weighted by atomic mass is 35.5. The number of epoxide rings is 1. The van der Waals surface area contributed by atoms with Gasteiger partial charge in [-0.2, -0.15) is 0 Å². The van der Waals surface area contributed by atoms with Gasteiger partial charge in [0.1, 0.15) is 5.60 Å². The van der Waals surface area contributed by atoms with E-state index in [9.17, 15) is 0 Å². The van der Waals surface area contributed by atoms with Crippen LogP contribution in [-0.2, 0) is 16.8 Å². The molecule has 1 fully saturated rings. The average Bonchev–Trinajstić information content (AvgIpc) is 2.86. The van der Waals surface area contributed by atoms with Crippen molar-refractivity contribution < 1.29 is 4.74 Å². The molecule has 1 saturated heterocycles. The van der Waals surface area contributed by atoms with Gasteiger partial charge in [0, 0.05) is 5.02 Å². The van der Waals surface area contributed by atoms with E-state index >= 15 is 0 Å². The summed E-state index contributed by atoms with van der Waals surface area (Å²) >= 11 is 5.95. The van der Waals surface area contributed by atoms with E-state index in [4.69, 9.17) is 16.3 Å². The molecule has 1 atom stereocenters. The molecule has 1 aromatic rings. The normalized spacial score (nSPS) is 30.2. The number of ether oxygens (including phenoxy) is 1. The Kier molecular flexibility index (Phi) is 1.50. The molecule has 1 heterocycles. The van der Waals surface area contributed by atoms with Crippen molar-refractivity contribution in [3.63, 3.8) is 0 Å². The van der Waals surface area contributed by atoms with Crippen LogP contribution in [0.5, 0.6) is 0 Å². The van der Waals surface area contributed by atoms with E-state index in [-0.39, 0.29) is 5.60 Å². The average molecular weight is 195 g/mol. The Morgan fingerprint density at radius 2 is 2.23 bits per heavy atom. The molecule has 3 rings (SSSR count). The second kappa shape index (κ2) is 2.49. The Bertz CT molecular complexity index is 355. The molecule has 0 amide bonds. The molecule has 68 valence electrons. The van der Waals surface area contributed by atoms with Crippen molar-refractivity contribution in [2.75, 3.05) is 6.61 Å². The van der Waals surface area contributed by atoms with Crippen molar-refractivity contribution in [2.24, 2.45) is 0 Å². The predicted molar refractivity (Wildman–Crippen MR) is 52.0 cm³/mol. The highest BCUT2D eigenvalue weighted by molar-refractivity contribution is 6.30. The van der Waals surface area contributed by atoms with Gasteiger partial charge in [-0.15, -0.1) is 0 Å². The zero-order chi connectivity index (χ0) is 8.89. The van der Waals surface area contributed by atoms with E-state index in [1.165, 1.54) is 24.0 Å². The maximum absolute atomic E-state index is 5.95. The summed E-state index contributed by atoms with van der Waals surface area (Å²) in [7, 11) is 0. The summed E-state index contributed by atoms with van der Waals surface area (Å²) < 4.78 is 5.56. The van der Waals surface area contributed by atoms with Gasteiger partial charge in [-0.1, -0.05) is 17.7 Å². The van der Waals surface area contributed by atoms with E-state index in [1.807, 2.05) is 6.07 Å². The molecule has 0 aromatic heterocycles. The van der Waals surface area contributed by atoms with Gasteiger partial charge in [0.25, 0.3) is 0 Å². The maximum atomic E-state index is 5.95. The quantitative estimate of drug-likeness (QED) is 0.579. The van der Waals surface area contributed by atoms with Crippen LogP contribution in [0.25, 0.3) is 0 Å². The minimum absolute atomic E-state index is 0.0954. The lowest BCUT2D eigenvalue weighted by molar-refractivity contribution is 0.277. The second-order valence-electron chi connectivity index (χ2n) is 3.94. The largest absolute Gasteiger partial charge is 0.364 e. The van der Waals surface area contributed by atoms with Gasteiger partial charge in [0.2, 0.25) is 0 Å². The van der Waals surface area contributed by atoms with Crippen molar-refractivity contribution >= 4 is 11.6 Å². The molecule has 1 aliphatic carbocycles. The van der Waals surface area contributed by atoms with Gasteiger partial charge in [0.05, 0.1) is 6.61 Å². The third-order valence-corrected chi connectivity index (χ3v) is 3.31. The maximum Gasteiger partial charge on any atom is 0.117 e. The Labute approximate surface area is 82.7 Å². The summed E-state index contributed by atoms with van der Waals surface area (Å²) in [4.78, 5) is 0. The summed E-state index contributed by atoms with van der Waals surface area (Å²) in [5.74, 6) is 0. The lowest BCUT2D eigenvalue weighted by Crippen LogP contribution is -2.17. The Morgan fingerprint density at radius 3 is 3.00 bits per heavy atom. The van der Waals surface area contributed by atoms with Gasteiger partial charge in [-0.25, -0.2) is 0 Å². The molecule has 1 spiro atoms. The number of halogens is 1. The van der Waals surface area contributed by atoms with Crippen molar-refractivity contribution in [2.45, 2.75) is 24.9 Å². The van der Waals surface area contributed by atoms with Gasteiger partial charge < -0.3 is 4.74 Å². The molecule has 1 aliphatic heterocycles. The van der Waals surface area contributed by atoms with Crippen molar-refractivity contribution in [1.82, 2.24) is 0 Å². The van der Waals surface area contributed by atoms with Gasteiger partial charge in [0.15, 0.2) is 0 Å². The first kappa shape index (κ1) is 7.84. The van der Waals surface area contributed by atoms with Crippen LogP contribution in [0.3, 0.4) is 0 Å². The lowest BCUT2D eigenvalue weighted by atomic mass is 9.83. The molecular weight excluding hydrogens is 184 g/mol. The molecule has 0 N–H and O–H groups in total. The Balaban J connectivity index is 2.15. The van der Waals surface area contributed by atoms with Crippen LogP contribution in [0, 0.1) is 0 Å². The van der Waals surface area contributed by atoms with Crippen LogP contribution in [0.1, 0.15) is 24.0 Å². The third kappa shape index (κ3) is 1.11. The first-order chi connectivity index (χ1) is 6.30. The second-order valence-corrected chi connectivity index (χ2v) is 4.37. The Morgan fingerprint density at radius 1 is 1.38 bits per heavy atom. The summed E-state index contributed by atoms with van der Waals surface area (Å²) in [6, 6.07) is 6.18. The van der Waals surface area contributed by atoms with Gasteiger partial charge in [-0.05, 0) is 42.5 Å². The molecule has 13 heavy (non-hydrogen) atoms. The molecule has 1 nitrogen and oxygen atoms in total. The first-order valence-corrected chi connectivity index (χ1v) is 5.11. The zero-order valence-electron chi connectivity index (χ0n) is 7.35. The zero-order valence-corrected chi connectivity index (χ0v) is 8.10. The predicted octanol–water partition coefficient (Wildman–Crippen LogP) is 2.90. The minimum atomic E-state index is 0.0954. The summed E-state index contributed by atoms with van der Waals surface area (Å²) in [6.07, 6.45) is 3.57. The van der Waals surface area contributed by atoms with Crippen LogP contribution in [0.4, 0.5) is 0 Å². The fourth-order valence-corrected chi connectivity index (χ4v) is 2.49. The number of benzene rings is 1. The molecule has 2 heteroatoms. The summed E-state index contributed by atoms with van der Waals surface area (Å²) in [6.45, 7) is 0.904. The van der Waals surface area contributed by atoms with Crippen LogP contribution < -0.4 is 0 Å². The SMILES string of the molecule is Clc1ccc2c(c1)CCC[C@]21CO1. The van der Waals surface area contributed by atoms with E-state index < -0.39 is 0 Å². The molecular formula is C11H11ClO. The van der Waals surface area contributed by atoms with Crippen LogP contribution in [-0.4, -0.2) is 6.61 Å². The fourth-order valence-electron chi connectivity index (χ4n) is 2.30. The number of hydrogen-bond acceptors (Lipinski definition) is 1. The fraction of sp³-hybridized carbons (Fsp3) is 0.455. The lowest BCUT2D eigenvalue weighted by Gasteiger charge is -2.22. The van der Waals surface area contributed by atoms with Crippen molar-refractivity contribution in [3.05, 3.63) is 34.3 Å². The topological polar surface area (TPSA) is 12.5 Å². The van der Waals surface area contributed by atoms with Crippen molar-refractivity contribution in [1.29, 1.82) is 0 Å². The van der Waals surface area contributed by atoms with Crippen LogP contribution in [0.15, 0.2) is 18.2 Å². The van der Waals surface area contributed by atoms with E-state index in [0.29, 0.717) is 0 Å². The monoisotopic (exact) mass is 194 g/mol. The van der Waals surface area contributed by atoms with Crippen molar-refractivity contribution in [3.8, 4) is 0 Å². The highest BCUT2D eigenvalue weighted by Crippen LogP contribution is 2.48. The standard InChI is InChI=1S/C11H11ClO/c12-9-3-4-10-8(6-9)2-1-5-11(10)7-13-11/h3-4,6H,1-2,5,7H2/t11-/m0/s1. The minimum Gasteiger partial charge on any atom is -0.364 e. The molecule has 0 saturated carbocycles. The van der Waals surface area contributed by atoms with Crippen LogP contribution in [0.2, 0.25) is 5.02 Å². The molecule has 2 aliphatic rings. The summed E-state index contributed by atoms with van der Waals surface area (Å²) in [5, 5.41) is 0.844. The smallest absolute Gasteiger partial charge is 0.117 e. The van der Waals surface area contributed by atoms with Gasteiger partial charge >= 0.3 is 0 Å². The number of rotatable bonds is 0. The highest BCUT2D eigenvalue weighted by Gasteiger charge is 2.48. The van der Waals surface area contributed by atoms with E-state index in [1.54, 1.807) is 0 Å².